The van der Waals surface area contributed by atoms with Crippen molar-refractivity contribution in [3.8, 4) is 0 Å². The number of halogens is 1. The second-order valence-corrected chi connectivity index (χ2v) is 11.3. The van der Waals surface area contributed by atoms with Crippen LogP contribution >= 0.6 is 11.6 Å². The normalized spacial score (nSPS) is 19.4. The van der Waals surface area contributed by atoms with Crippen molar-refractivity contribution in [3.63, 3.8) is 0 Å². The topological polar surface area (TPSA) is 105 Å². The molecule has 2 N–H and O–H groups in total. The quantitative estimate of drug-likeness (QED) is 0.556. The van der Waals surface area contributed by atoms with Crippen molar-refractivity contribution in [2.75, 3.05) is 31.6 Å². The van der Waals surface area contributed by atoms with Crippen LogP contribution in [-0.4, -0.2) is 56.9 Å². The number of para-hydroxylation sites is 1. The summed E-state index contributed by atoms with van der Waals surface area (Å²) in [5, 5.41) is 6.32. The summed E-state index contributed by atoms with van der Waals surface area (Å²) in [6.07, 6.45) is 2.78. The van der Waals surface area contributed by atoms with Crippen LogP contribution in [0.1, 0.15) is 41.6 Å². The van der Waals surface area contributed by atoms with Crippen molar-refractivity contribution >= 4 is 39.1 Å². The summed E-state index contributed by atoms with van der Waals surface area (Å²) in [6, 6.07) is 13.6. The molecule has 2 fully saturated rings. The summed E-state index contributed by atoms with van der Waals surface area (Å²) >= 11 is 5.88. The molecule has 2 amide bonds. The number of nitrogens with one attached hydrogen (secondary N) is 2. The Morgan fingerprint density at radius 2 is 1.74 bits per heavy atom. The molecule has 2 aromatic carbocycles. The third-order valence-electron chi connectivity index (χ3n) is 6.42. The largest absolute Gasteiger partial charge is 0.376 e. The van der Waals surface area contributed by atoms with Gasteiger partial charge < -0.3 is 15.4 Å². The Bertz CT molecular complexity index is 1140. The van der Waals surface area contributed by atoms with Crippen molar-refractivity contribution in [1.82, 2.24) is 9.62 Å². The molecule has 0 spiro atoms. The minimum absolute atomic E-state index is 0.0295. The fraction of sp³-hybridized carbons (Fsp3) is 0.440. The third-order valence-corrected chi connectivity index (χ3v) is 8.53. The molecule has 2 saturated heterocycles. The number of rotatable bonds is 8. The lowest BCUT2D eigenvalue weighted by molar-refractivity contribution is -0.120. The van der Waals surface area contributed by atoms with Gasteiger partial charge in [0.2, 0.25) is 15.9 Å². The summed E-state index contributed by atoms with van der Waals surface area (Å²) in [4.78, 5) is 25.6. The molecule has 2 aliphatic rings. The molecular weight excluding hydrogens is 490 g/mol. The van der Waals surface area contributed by atoms with Crippen molar-refractivity contribution in [3.05, 3.63) is 64.7 Å². The van der Waals surface area contributed by atoms with Gasteiger partial charge in [-0.05, 0) is 55.5 Å². The van der Waals surface area contributed by atoms with Gasteiger partial charge in [-0.25, -0.2) is 12.7 Å². The van der Waals surface area contributed by atoms with Crippen molar-refractivity contribution in [2.45, 2.75) is 37.5 Å². The first-order valence-electron chi connectivity index (χ1n) is 11.8. The Morgan fingerprint density at radius 3 is 2.43 bits per heavy atom. The van der Waals surface area contributed by atoms with Gasteiger partial charge in [0.1, 0.15) is 0 Å². The van der Waals surface area contributed by atoms with E-state index in [2.05, 4.69) is 10.6 Å². The van der Waals surface area contributed by atoms with Gasteiger partial charge in [0.25, 0.3) is 5.91 Å². The van der Waals surface area contributed by atoms with Crippen LogP contribution in [0.5, 0.6) is 0 Å². The van der Waals surface area contributed by atoms with E-state index in [0.717, 1.165) is 12.8 Å². The molecule has 0 bridgehead atoms. The fourth-order valence-corrected chi connectivity index (χ4v) is 6.10. The highest BCUT2D eigenvalue weighted by Crippen LogP contribution is 2.25. The van der Waals surface area contributed by atoms with E-state index in [-0.39, 0.29) is 42.7 Å². The number of ether oxygens (including phenoxy) is 1. The van der Waals surface area contributed by atoms with E-state index in [1.165, 1.54) is 4.31 Å². The van der Waals surface area contributed by atoms with Gasteiger partial charge in [0.15, 0.2) is 0 Å². The Kier molecular flexibility index (Phi) is 8.43. The molecule has 0 unspecified atom stereocenters. The second kappa shape index (κ2) is 11.5. The maximum atomic E-state index is 12.9. The van der Waals surface area contributed by atoms with E-state index >= 15 is 0 Å². The van der Waals surface area contributed by atoms with Crippen LogP contribution in [0.2, 0.25) is 5.02 Å². The minimum Gasteiger partial charge on any atom is -0.376 e. The average Bonchev–Trinajstić information content (AvgIpc) is 3.38. The zero-order chi connectivity index (χ0) is 24.8. The van der Waals surface area contributed by atoms with Crippen LogP contribution in [0.3, 0.4) is 0 Å². The first kappa shape index (κ1) is 25.6. The van der Waals surface area contributed by atoms with Crippen LogP contribution in [0.15, 0.2) is 48.5 Å². The third kappa shape index (κ3) is 6.82. The first-order chi connectivity index (χ1) is 16.8. The van der Waals surface area contributed by atoms with E-state index in [4.69, 9.17) is 16.3 Å². The van der Waals surface area contributed by atoms with Gasteiger partial charge in [0.05, 0.1) is 23.1 Å². The molecule has 1 atom stereocenters. The monoisotopic (exact) mass is 519 g/mol. The lowest BCUT2D eigenvalue weighted by Crippen LogP contribution is -2.42. The molecule has 8 nitrogen and oxygen atoms in total. The molecule has 0 aromatic heterocycles. The molecule has 4 rings (SSSR count). The summed E-state index contributed by atoms with van der Waals surface area (Å²) in [5.74, 6) is -0.909. The Labute approximate surface area is 211 Å². The van der Waals surface area contributed by atoms with Gasteiger partial charge in [-0.3, -0.25) is 9.59 Å². The van der Waals surface area contributed by atoms with E-state index in [0.29, 0.717) is 47.8 Å². The average molecular weight is 520 g/mol. The zero-order valence-corrected chi connectivity index (χ0v) is 21.0. The summed E-state index contributed by atoms with van der Waals surface area (Å²) in [5.41, 5.74) is 1.51. The molecule has 35 heavy (non-hydrogen) atoms. The Balaban J connectivity index is 1.31. The summed E-state index contributed by atoms with van der Waals surface area (Å²) < 4.78 is 32.6. The standard InChI is InChI=1S/C25H30ClN3O5S/c26-20-9-7-18(8-10-20)17-35(32,33)29-13-11-19(12-14-29)24(30)28-23-6-2-1-5-22(23)25(31)27-16-21-4-3-15-34-21/h1-2,5-10,19,21H,3-4,11-17H2,(H,27,31)(H,28,30)/t21-/m0/s1. The van der Waals surface area contributed by atoms with E-state index in [9.17, 15) is 18.0 Å². The van der Waals surface area contributed by atoms with Crippen LogP contribution < -0.4 is 10.6 Å². The molecule has 10 heteroatoms. The second-order valence-electron chi connectivity index (χ2n) is 8.94. The number of carbonyl (C=O) groups is 2. The van der Waals surface area contributed by atoms with E-state index in [1.54, 1.807) is 48.5 Å². The first-order valence-corrected chi connectivity index (χ1v) is 13.8. The summed E-state index contributed by atoms with van der Waals surface area (Å²) in [6.45, 7) is 1.70. The van der Waals surface area contributed by atoms with Crippen LogP contribution in [0.4, 0.5) is 5.69 Å². The Morgan fingerprint density at radius 1 is 1.03 bits per heavy atom. The number of benzene rings is 2. The highest BCUT2D eigenvalue weighted by molar-refractivity contribution is 7.88. The van der Waals surface area contributed by atoms with Gasteiger partial charge in [-0.1, -0.05) is 35.9 Å². The molecule has 0 aliphatic carbocycles. The lowest BCUT2D eigenvalue weighted by Gasteiger charge is -2.30. The number of carbonyl (C=O) groups excluding carboxylic acids is 2. The predicted molar refractivity (Wildman–Crippen MR) is 135 cm³/mol. The number of hydrogen-bond donors (Lipinski definition) is 2. The van der Waals surface area contributed by atoms with Crippen molar-refractivity contribution < 1.29 is 22.7 Å². The molecule has 0 saturated carbocycles. The number of anilines is 1. The number of sulfonamides is 1. The molecular formula is C25H30ClN3O5S. The van der Waals surface area contributed by atoms with E-state index in [1.807, 2.05) is 0 Å². The lowest BCUT2D eigenvalue weighted by atomic mass is 9.97. The maximum Gasteiger partial charge on any atom is 0.253 e. The van der Waals surface area contributed by atoms with Crippen molar-refractivity contribution in [2.24, 2.45) is 5.92 Å². The van der Waals surface area contributed by atoms with Crippen LogP contribution in [0.25, 0.3) is 0 Å². The molecule has 2 aliphatic heterocycles. The smallest absolute Gasteiger partial charge is 0.253 e. The number of nitrogens with zero attached hydrogens (tertiary/aromatic N) is 1. The highest BCUT2D eigenvalue weighted by Gasteiger charge is 2.31. The fourth-order valence-electron chi connectivity index (χ4n) is 4.41. The molecule has 0 radical (unpaired) electrons. The summed E-state index contributed by atoms with van der Waals surface area (Å²) in [7, 11) is -3.49. The van der Waals surface area contributed by atoms with Crippen LogP contribution in [0, 0.1) is 5.92 Å². The molecule has 2 aromatic rings. The van der Waals surface area contributed by atoms with E-state index < -0.39 is 10.0 Å². The highest BCUT2D eigenvalue weighted by atomic mass is 35.5. The molecule has 2 heterocycles. The predicted octanol–water partition coefficient (Wildman–Crippen LogP) is 3.43. The number of hydrogen-bond acceptors (Lipinski definition) is 5. The number of amides is 2. The van der Waals surface area contributed by atoms with Crippen molar-refractivity contribution in [1.29, 1.82) is 0 Å². The zero-order valence-electron chi connectivity index (χ0n) is 19.4. The van der Waals surface area contributed by atoms with Crippen LogP contribution in [-0.2, 0) is 25.3 Å². The number of piperidine rings is 1. The maximum absolute atomic E-state index is 12.9. The molecule has 188 valence electrons. The van der Waals surface area contributed by atoms with Gasteiger partial charge in [-0.2, -0.15) is 0 Å². The van der Waals surface area contributed by atoms with Gasteiger partial charge in [-0.15, -0.1) is 0 Å². The van der Waals surface area contributed by atoms with Gasteiger partial charge >= 0.3 is 0 Å². The Hall–Kier alpha value is -2.46. The van der Waals surface area contributed by atoms with Gasteiger partial charge in [0, 0.05) is 37.2 Å². The minimum atomic E-state index is -3.49. The SMILES string of the molecule is O=C(NC[C@@H]1CCCO1)c1ccccc1NC(=O)C1CCN(S(=O)(=O)Cc2ccc(Cl)cc2)CC1.